The van der Waals surface area contributed by atoms with E-state index in [1.165, 1.54) is 4.80 Å². The molecule has 2 fully saturated rings. The molecule has 0 amide bonds. The number of pyridine rings is 1. The number of ether oxygens (including phenoxy) is 2. The molecule has 2 saturated carbocycles. The fourth-order valence-electron chi connectivity index (χ4n) is 4.03. The molecule has 0 radical (unpaired) electrons. The molecule has 1 N–H and O–H groups in total. The first-order valence-electron chi connectivity index (χ1n) is 11.2. The van der Waals surface area contributed by atoms with E-state index >= 15 is 0 Å². The molecule has 2 aliphatic rings. The number of nitrogens with zero attached hydrogens (tertiary/aromatic N) is 8. The van der Waals surface area contributed by atoms with Gasteiger partial charge in [0.05, 0.1) is 29.1 Å². The largest absolute Gasteiger partial charge is 0.489 e. The lowest BCUT2D eigenvalue weighted by atomic mass is 9.87. The molecule has 12 heteroatoms. The Balaban J connectivity index is 1.31. The number of carboxylic acids is 1. The normalized spacial score (nSPS) is 20.5. The first-order valence-corrected chi connectivity index (χ1v) is 11.2. The van der Waals surface area contributed by atoms with E-state index in [1.807, 2.05) is 19.1 Å². The van der Waals surface area contributed by atoms with Crippen molar-refractivity contribution in [2.24, 2.45) is 13.0 Å². The van der Waals surface area contributed by atoms with Gasteiger partial charge in [-0.15, -0.1) is 5.10 Å². The van der Waals surface area contributed by atoms with E-state index < -0.39 is 5.97 Å². The molecule has 33 heavy (non-hydrogen) atoms. The van der Waals surface area contributed by atoms with Crippen LogP contribution in [0.2, 0.25) is 0 Å². The van der Waals surface area contributed by atoms with Crippen LogP contribution in [0.3, 0.4) is 0 Å². The van der Waals surface area contributed by atoms with Gasteiger partial charge in [0.25, 0.3) is 0 Å². The minimum absolute atomic E-state index is 0.122. The lowest BCUT2D eigenvalue weighted by molar-refractivity contribution is -0.143. The molecule has 5 rings (SSSR count). The number of aryl methyl sites for hydroxylation is 2. The van der Waals surface area contributed by atoms with Crippen molar-refractivity contribution in [2.75, 3.05) is 0 Å². The van der Waals surface area contributed by atoms with Crippen LogP contribution in [0.15, 0.2) is 12.1 Å². The van der Waals surface area contributed by atoms with Crippen molar-refractivity contribution >= 4 is 5.97 Å². The molecule has 0 aliphatic heterocycles. The third kappa shape index (κ3) is 4.78. The Morgan fingerprint density at radius 2 is 1.97 bits per heavy atom. The predicted octanol–water partition coefficient (Wildman–Crippen LogP) is 1.78. The van der Waals surface area contributed by atoms with Gasteiger partial charge < -0.3 is 14.6 Å². The minimum Gasteiger partial charge on any atom is -0.489 e. The smallest absolute Gasteiger partial charge is 0.356 e. The van der Waals surface area contributed by atoms with Gasteiger partial charge >= 0.3 is 12.0 Å². The van der Waals surface area contributed by atoms with Crippen LogP contribution >= 0.6 is 0 Å². The van der Waals surface area contributed by atoms with Crippen molar-refractivity contribution in [3.05, 3.63) is 23.5 Å². The number of aromatic nitrogens is 8. The highest BCUT2D eigenvalue weighted by molar-refractivity contribution is 5.70. The SMILES string of the molecule is Cc1nc(-c2nnn(C)c2Cn2nnc(OC3CC3)n2)ccc1O[C@H]1CCC[C@@H](C(=O)O)C1. The van der Waals surface area contributed by atoms with Crippen molar-refractivity contribution in [1.29, 1.82) is 0 Å². The number of aliphatic carboxylic acids is 1. The number of hydrogen-bond acceptors (Lipinski definition) is 9. The Morgan fingerprint density at radius 3 is 2.73 bits per heavy atom. The van der Waals surface area contributed by atoms with Crippen LogP contribution < -0.4 is 9.47 Å². The summed E-state index contributed by atoms with van der Waals surface area (Å²) in [5.41, 5.74) is 2.77. The molecule has 0 aromatic carbocycles. The Kier molecular flexibility index (Phi) is 5.65. The first kappa shape index (κ1) is 21.3. The molecule has 12 nitrogen and oxygen atoms in total. The van der Waals surface area contributed by atoms with Crippen LogP contribution in [0.1, 0.15) is 49.9 Å². The maximum absolute atomic E-state index is 11.3. The van der Waals surface area contributed by atoms with Crippen LogP contribution in [-0.4, -0.2) is 63.5 Å². The van der Waals surface area contributed by atoms with E-state index in [-0.39, 0.29) is 24.1 Å². The maximum Gasteiger partial charge on any atom is 0.356 e. The van der Waals surface area contributed by atoms with Crippen LogP contribution in [0.25, 0.3) is 11.4 Å². The van der Waals surface area contributed by atoms with Gasteiger partial charge in [0.15, 0.2) is 0 Å². The summed E-state index contributed by atoms with van der Waals surface area (Å²) in [5, 5.41) is 30.0. The molecule has 2 aliphatic carbocycles. The summed E-state index contributed by atoms with van der Waals surface area (Å²) in [6, 6.07) is 3.97. The summed E-state index contributed by atoms with van der Waals surface area (Å²) in [6.45, 7) is 2.18. The molecule has 0 spiro atoms. The van der Waals surface area contributed by atoms with Crippen LogP contribution in [-0.2, 0) is 18.4 Å². The Labute approximate surface area is 189 Å². The van der Waals surface area contributed by atoms with Gasteiger partial charge in [-0.05, 0) is 62.8 Å². The summed E-state index contributed by atoms with van der Waals surface area (Å²) < 4.78 is 13.4. The maximum atomic E-state index is 11.3. The quantitative estimate of drug-likeness (QED) is 0.535. The Hall–Kier alpha value is -3.57. The molecule has 3 heterocycles. The van der Waals surface area contributed by atoms with Crippen molar-refractivity contribution in [2.45, 2.75) is 64.2 Å². The molecular weight excluding hydrogens is 428 g/mol. The van der Waals surface area contributed by atoms with Crippen LogP contribution in [0, 0.1) is 12.8 Å². The van der Waals surface area contributed by atoms with Gasteiger partial charge in [0, 0.05) is 7.05 Å². The fourth-order valence-corrected chi connectivity index (χ4v) is 4.03. The molecule has 0 saturated heterocycles. The standard InChI is InChI=1S/C21H26N8O4/c1-12-18(32-15-5-3-4-13(10-15)20(30)31)9-8-16(22-12)19-17(28(2)26-23-19)11-29-25-21(24-27-29)33-14-6-7-14/h8-9,13-15H,3-7,10-11H2,1-2H3,(H,30,31)/t13-,15+/m1/s1. The zero-order chi connectivity index (χ0) is 22.9. The first-order chi connectivity index (χ1) is 16.0. The summed E-state index contributed by atoms with van der Waals surface area (Å²) in [6.07, 6.45) is 5.04. The molecule has 3 aromatic rings. The van der Waals surface area contributed by atoms with Gasteiger partial charge in [0.1, 0.15) is 24.1 Å². The van der Waals surface area contributed by atoms with Crippen molar-refractivity contribution in [3.63, 3.8) is 0 Å². The third-order valence-electron chi connectivity index (χ3n) is 6.01. The summed E-state index contributed by atoms with van der Waals surface area (Å²) in [7, 11) is 1.80. The molecule has 2 atom stereocenters. The van der Waals surface area contributed by atoms with E-state index in [2.05, 4.69) is 30.7 Å². The second-order valence-electron chi connectivity index (χ2n) is 8.65. The lowest BCUT2D eigenvalue weighted by Crippen LogP contribution is -2.29. The zero-order valence-electron chi connectivity index (χ0n) is 18.6. The van der Waals surface area contributed by atoms with Crippen molar-refractivity contribution in [1.82, 2.24) is 40.2 Å². The highest BCUT2D eigenvalue weighted by Gasteiger charge is 2.29. The monoisotopic (exact) mass is 454 g/mol. The van der Waals surface area contributed by atoms with Gasteiger partial charge in [-0.1, -0.05) is 15.4 Å². The lowest BCUT2D eigenvalue weighted by Gasteiger charge is -2.27. The molecule has 0 unspecified atom stereocenters. The van der Waals surface area contributed by atoms with Gasteiger partial charge in [0.2, 0.25) is 0 Å². The fraction of sp³-hybridized carbons (Fsp3) is 0.571. The summed E-state index contributed by atoms with van der Waals surface area (Å²) in [4.78, 5) is 17.5. The van der Waals surface area contributed by atoms with E-state index in [0.717, 1.165) is 31.4 Å². The topological polar surface area (TPSA) is 143 Å². The average Bonchev–Trinajstić information content (AvgIpc) is 3.39. The summed E-state index contributed by atoms with van der Waals surface area (Å²) >= 11 is 0. The van der Waals surface area contributed by atoms with Crippen molar-refractivity contribution in [3.8, 4) is 23.1 Å². The molecule has 3 aromatic heterocycles. The average molecular weight is 454 g/mol. The number of carbonyl (C=O) groups is 1. The predicted molar refractivity (Wildman–Crippen MR) is 114 cm³/mol. The second kappa shape index (κ2) is 8.75. The van der Waals surface area contributed by atoms with E-state index in [4.69, 9.17) is 9.47 Å². The van der Waals surface area contributed by atoms with Gasteiger partial charge in [-0.3, -0.25) is 4.79 Å². The molecule has 174 valence electrons. The van der Waals surface area contributed by atoms with E-state index in [9.17, 15) is 9.90 Å². The second-order valence-corrected chi connectivity index (χ2v) is 8.65. The van der Waals surface area contributed by atoms with Crippen LogP contribution in [0.5, 0.6) is 11.8 Å². The van der Waals surface area contributed by atoms with Crippen molar-refractivity contribution < 1.29 is 19.4 Å². The van der Waals surface area contributed by atoms with E-state index in [1.54, 1.807) is 11.7 Å². The third-order valence-corrected chi connectivity index (χ3v) is 6.01. The van der Waals surface area contributed by atoms with E-state index in [0.29, 0.717) is 42.2 Å². The number of rotatable bonds is 8. The minimum atomic E-state index is -0.753. The van der Waals surface area contributed by atoms with Gasteiger partial charge in [-0.2, -0.15) is 4.80 Å². The Bertz CT molecular complexity index is 1160. The zero-order valence-corrected chi connectivity index (χ0v) is 18.6. The number of carboxylic acid groups (broad SMARTS) is 1. The van der Waals surface area contributed by atoms with Gasteiger partial charge in [-0.25, -0.2) is 9.67 Å². The Morgan fingerprint density at radius 1 is 1.12 bits per heavy atom. The summed E-state index contributed by atoms with van der Waals surface area (Å²) in [5.74, 6) is -0.448. The van der Waals surface area contributed by atoms with Crippen LogP contribution in [0.4, 0.5) is 0 Å². The highest BCUT2D eigenvalue weighted by atomic mass is 16.5. The molecule has 0 bridgehead atoms. The number of hydrogen-bond donors (Lipinski definition) is 1. The number of tetrazole rings is 1. The molecular formula is C21H26N8O4. The highest BCUT2D eigenvalue weighted by Crippen LogP contribution is 2.30.